The monoisotopic (exact) mass is 391 g/mol. The lowest BCUT2D eigenvalue weighted by molar-refractivity contribution is 0.0516. The second-order valence-electron chi connectivity index (χ2n) is 6.26. The van der Waals surface area contributed by atoms with Crippen molar-refractivity contribution in [2.45, 2.75) is 52.2 Å². The summed E-state index contributed by atoms with van der Waals surface area (Å²) in [5, 5.41) is 3.79. The molecule has 1 rings (SSSR count). The van der Waals surface area contributed by atoms with E-state index in [9.17, 15) is 4.79 Å². The molecule has 1 atom stereocenters. The van der Waals surface area contributed by atoms with Crippen molar-refractivity contribution in [2.24, 2.45) is 0 Å². The fraction of sp³-hybridized carbons (Fsp3) is 0.500. The Bertz CT molecular complexity index is 571. The molecule has 0 heterocycles. The van der Waals surface area contributed by atoms with Crippen molar-refractivity contribution >= 4 is 52.2 Å². The van der Waals surface area contributed by atoms with Crippen LogP contribution in [0.1, 0.15) is 40.5 Å². The van der Waals surface area contributed by atoms with Gasteiger partial charge in [0.2, 0.25) is 0 Å². The molecular formula is C16H23Cl2N3O2S. The lowest BCUT2D eigenvalue weighted by Crippen LogP contribution is -2.48. The number of amides is 1. The van der Waals surface area contributed by atoms with Gasteiger partial charge in [-0.3, -0.25) is 5.43 Å². The molecule has 0 bridgehead atoms. The molecule has 24 heavy (non-hydrogen) atoms. The highest BCUT2D eigenvalue weighted by atomic mass is 35.5. The Balaban J connectivity index is 2.64. The molecule has 0 radical (unpaired) electrons. The van der Waals surface area contributed by atoms with E-state index >= 15 is 0 Å². The minimum absolute atomic E-state index is 0.345. The van der Waals surface area contributed by atoms with Gasteiger partial charge in [0.25, 0.3) is 0 Å². The molecule has 0 aromatic heterocycles. The van der Waals surface area contributed by atoms with E-state index in [1.807, 2.05) is 27.7 Å². The van der Waals surface area contributed by atoms with Gasteiger partial charge >= 0.3 is 6.09 Å². The van der Waals surface area contributed by atoms with Crippen LogP contribution in [0.5, 0.6) is 0 Å². The third kappa shape index (κ3) is 8.04. The topological polar surface area (TPSA) is 62.4 Å². The van der Waals surface area contributed by atoms with Crippen molar-refractivity contribution in [1.29, 1.82) is 0 Å². The number of carbonyl (C=O) groups is 1. The van der Waals surface area contributed by atoms with E-state index in [0.29, 0.717) is 27.1 Å². The summed E-state index contributed by atoms with van der Waals surface area (Å²) in [6.45, 7) is 7.43. The number of hydrogen-bond donors (Lipinski definition) is 3. The number of nitrogens with one attached hydrogen (secondary N) is 3. The van der Waals surface area contributed by atoms with E-state index in [-0.39, 0.29) is 6.04 Å². The minimum Gasteiger partial charge on any atom is -0.444 e. The number of carbonyl (C=O) groups excluding carboxylic acids is 1. The van der Waals surface area contributed by atoms with E-state index < -0.39 is 11.7 Å². The van der Waals surface area contributed by atoms with Crippen LogP contribution in [0.4, 0.5) is 10.5 Å². The first-order valence-electron chi connectivity index (χ1n) is 7.62. The first-order chi connectivity index (χ1) is 11.1. The number of alkyl carbamates (subject to hydrolysis) is 1. The fourth-order valence-electron chi connectivity index (χ4n) is 1.85. The summed E-state index contributed by atoms with van der Waals surface area (Å²) >= 11 is 17.3. The number of benzene rings is 1. The van der Waals surface area contributed by atoms with Crippen LogP contribution >= 0.6 is 35.4 Å². The van der Waals surface area contributed by atoms with Crippen LogP contribution in [0.15, 0.2) is 18.2 Å². The molecule has 0 saturated heterocycles. The quantitative estimate of drug-likeness (QED) is 0.473. The van der Waals surface area contributed by atoms with Crippen LogP contribution in [-0.2, 0) is 4.74 Å². The van der Waals surface area contributed by atoms with Crippen molar-refractivity contribution in [2.75, 3.05) is 5.43 Å². The largest absolute Gasteiger partial charge is 0.444 e. The van der Waals surface area contributed by atoms with Crippen LogP contribution in [0, 0.1) is 0 Å². The number of hydrogen-bond acceptors (Lipinski definition) is 4. The zero-order chi connectivity index (χ0) is 18.3. The molecule has 1 amide bonds. The molecule has 0 aliphatic rings. The van der Waals surface area contributed by atoms with E-state index in [0.717, 1.165) is 6.42 Å². The Kier molecular flexibility index (Phi) is 8.06. The van der Waals surface area contributed by atoms with Crippen molar-refractivity contribution in [3.8, 4) is 0 Å². The number of hydrazine groups is 1. The molecule has 1 unspecified atom stereocenters. The average molecular weight is 392 g/mol. The molecule has 0 fully saturated rings. The van der Waals surface area contributed by atoms with Gasteiger partial charge in [-0.25, -0.2) is 4.79 Å². The summed E-state index contributed by atoms with van der Waals surface area (Å²) in [6, 6.07) is 4.71. The Labute approximate surface area is 158 Å². The Morgan fingerprint density at radius 2 is 1.83 bits per heavy atom. The first kappa shape index (κ1) is 20.8. The van der Waals surface area contributed by atoms with Crippen LogP contribution in [0.25, 0.3) is 0 Å². The highest BCUT2D eigenvalue weighted by Crippen LogP contribution is 2.21. The van der Waals surface area contributed by atoms with Crippen molar-refractivity contribution < 1.29 is 9.53 Å². The maximum absolute atomic E-state index is 11.9. The van der Waals surface area contributed by atoms with Gasteiger partial charge in [-0.15, -0.1) is 0 Å². The van der Waals surface area contributed by atoms with Gasteiger partial charge in [0.05, 0.1) is 11.7 Å². The van der Waals surface area contributed by atoms with Crippen molar-refractivity contribution in [3.05, 3.63) is 28.2 Å². The molecule has 0 aliphatic carbocycles. The Morgan fingerprint density at radius 3 is 2.33 bits per heavy atom. The molecule has 0 aliphatic heterocycles. The molecule has 0 saturated carbocycles. The predicted molar refractivity (Wildman–Crippen MR) is 104 cm³/mol. The zero-order valence-electron chi connectivity index (χ0n) is 14.2. The number of thiocarbonyl (C=S) groups is 1. The second kappa shape index (κ2) is 9.30. The van der Waals surface area contributed by atoms with Crippen LogP contribution < -0.4 is 16.2 Å². The summed E-state index contributed by atoms with van der Waals surface area (Å²) in [6.07, 6.45) is 1.03. The smallest absolute Gasteiger partial charge is 0.408 e. The van der Waals surface area contributed by atoms with Crippen molar-refractivity contribution in [1.82, 2.24) is 10.7 Å². The molecule has 3 N–H and O–H groups in total. The van der Waals surface area contributed by atoms with Crippen LogP contribution in [0.2, 0.25) is 10.0 Å². The molecule has 8 heteroatoms. The van der Waals surface area contributed by atoms with Crippen LogP contribution in [-0.4, -0.2) is 22.7 Å². The Hall–Kier alpha value is -1.24. The van der Waals surface area contributed by atoms with Crippen molar-refractivity contribution in [3.63, 3.8) is 0 Å². The zero-order valence-corrected chi connectivity index (χ0v) is 16.5. The first-order valence-corrected chi connectivity index (χ1v) is 8.78. The number of halogens is 2. The van der Waals surface area contributed by atoms with Gasteiger partial charge in [0.1, 0.15) is 10.6 Å². The van der Waals surface area contributed by atoms with E-state index in [1.54, 1.807) is 18.2 Å². The lowest BCUT2D eigenvalue weighted by Gasteiger charge is -2.24. The maximum Gasteiger partial charge on any atom is 0.408 e. The van der Waals surface area contributed by atoms with E-state index in [1.165, 1.54) is 0 Å². The minimum atomic E-state index is -0.564. The standard InChI is InChI=1S/C16H23Cl2N3O2S/c1-5-6-13(19-15(22)23-16(2,3)4)14(24)21-20-12-8-10(17)7-11(18)9-12/h7-9,13,20H,5-6H2,1-4H3,(H,19,22)(H,21,24). The summed E-state index contributed by atoms with van der Waals surface area (Å²) in [7, 11) is 0. The van der Waals surface area contributed by atoms with Gasteiger partial charge in [-0.05, 0) is 45.4 Å². The summed E-state index contributed by atoms with van der Waals surface area (Å²) < 4.78 is 5.27. The van der Waals surface area contributed by atoms with Gasteiger partial charge in [-0.1, -0.05) is 48.8 Å². The number of rotatable bonds is 6. The SMILES string of the molecule is CCCC(NC(=O)OC(C)(C)C)C(=S)NNc1cc(Cl)cc(Cl)c1. The highest BCUT2D eigenvalue weighted by Gasteiger charge is 2.21. The van der Waals surface area contributed by atoms with Gasteiger partial charge in [0.15, 0.2) is 0 Å². The summed E-state index contributed by atoms with van der Waals surface area (Å²) in [4.78, 5) is 12.4. The van der Waals surface area contributed by atoms with Gasteiger partial charge in [-0.2, -0.15) is 0 Å². The molecule has 1 aromatic rings. The average Bonchev–Trinajstić information content (AvgIpc) is 2.41. The molecule has 0 spiro atoms. The second-order valence-corrected chi connectivity index (χ2v) is 7.57. The molecular weight excluding hydrogens is 369 g/mol. The summed E-state index contributed by atoms with van der Waals surface area (Å²) in [5.41, 5.74) is 5.94. The molecule has 1 aromatic carbocycles. The number of anilines is 1. The third-order valence-corrected chi connectivity index (χ3v) is 3.60. The van der Waals surface area contributed by atoms with E-state index in [4.69, 9.17) is 40.2 Å². The normalized spacial score (nSPS) is 12.2. The third-order valence-electron chi connectivity index (χ3n) is 2.78. The fourth-order valence-corrected chi connectivity index (χ4v) is 2.61. The summed E-state index contributed by atoms with van der Waals surface area (Å²) in [5.74, 6) is 0. The van der Waals surface area contributed by atoms with Crippen LogP contribution in [0.3, 0.4) is 0 Å². The van der Waals surface area contributed by atoms with Gasteiger partial charge in [0, 0.05) is 10.0 Å². The highest BCUT2D eigenvalue weighted by molar-refractivity contribution is 7.80. The Morgan fingerprint density at radius 1 is 1.25 bits per heavy atom. The molecule has 134 valence electrons. The predicted octanol–water partition coefficient (Wildman–Crippen LogP) is 4.93. The maximum atomic E-state index is 11.9. The lowest BCUT2D eigenvalue weighted by atomic mass is 10.1. The van der Waals surface area contributed by atoms with Gasteiger partial charge < -0.3 is 15.5 Å². The van der Waals surface area contributed by atoms with E-state index in [2.05, 4.69) is 16.2 Å². The molecule has 5 nitrogen and oxygen atoms in total. The number of ether oxygens (including phenoxy) is 1.